The first-order valence-corrected chi connectivity index (χ1v) is 7.56. The molecule has 0 atom stereocenters. The van der Waals surface area contributed by atoms with Crippen LogP contribution in [0.2, 0.25) is 0 Å². The van der Waals surface area contributed by atoms with Crippen molar-refractivity contribution in [1.29, 1.82) is 0 Å². The summed E-state index contributed by atoms with van der Waals surface area (Å²) in [5.41, 5.74) is 2.10. The van der Waals surface area contributed by atoms with E-state index in [0.29, 0.717) is 12.1 Å². The van der Waals surface area contributed by atoms with Crippen LogP contribution in [0.15, 0.2) is 46.9 Å². The Morgan fingerprint density at radius 3 is 2.86 bits per heavy atom. The van der Waals surface area contributed by atoms with Crippen LogP contribution in [0, 0.1) is 5.82 Å². The third-order valence-corrected chi connectivity index (χ3v) is 4.30. The zero-order valence-electron chi connectivity index (χ0n) is 11.3. The summed E-state index contributed by atoms with van der Waals surface area (Å²) in [5.74, 6) is -0.625. The molecule has 1 aliphatic heterocycles. The van der Waals surface area contributed by atoms with Crippen LogP contribution in [0.3, 0.4) is 0 Å². The number of carbonyl (C=O) groups excluding carboxylic acids is 1. The SMILES string of the molecule is O=C(c1cccc(F)c1Br)N1CCCNc2ccccc21. The molecule has 108 valence electrons. The van der Waals surface area contributed by atoms with Crippen molar-refractivity contribution in [3.8, 4) is 0 Å². The highest BCUT2D eigenvalue weighted by molar-refractivity contribution is 9.10. The molecule has 1 N–H and O–H groups in total. The van der Waals surface area contributed by atoms with E-state index in [0.717, 1.165) is 24.3 Å². The van der Waals surface area contributed by atoms with E-state index in [-0.39, 0.29) is 10.4 Å². The predicted octanol–water partition coefficient (Wildman–Crippen LogP) is 4.05. The van der Waals surface area contributed by atoms with Gasteiger partial charge < -0.3 is 10.2 Å². The monoisotopic (exact) mass is 348 g/mol. The predicted molar refractivity (Wildman–Crippen MR) is 85.3 cm³/mol. The van der Waals surface area contributed by atoms with Gasteiger partial charge in [-0.1, -0.05) is 18.2 Å². The fourth-order valence-electron chi connectivity index (χ4n) is 2.46. The molecular weight excluding hydrogens is 335 g/mol. The minimum atomic E-state index is -0.429. The van der Waals surface area contributed by atoms with E-state index in [9.17, 15) is 9.18 Å². The van der Waals surface area contributed by atoms with E-state index in [1.807, 2.05) is 24.3 Å². The largest absolute Gasteiger partial charge is 0.383 e. The van der Waals surface area contributed by atoms with Crippen LogP contribution in [0.5, 0.6) is 0 Å². The molecule has 1 amide bonds. The number of hydrogen-bond acceptors (Lipinski definition) is 2. The van der Waals surface area contributed by atoms with Gasteiger partial charge in [-0.3, -0.25) is 4.79 Å². The molecular formula is C16H14BrFN2O. The average molecular weight is 349 g/mol. The minimum absolute atomic E-state index is 0.197. The molecule has 0 radical (unpaired) electrons. The van der Waals surface area contributed by atoms with Crippen LogP contribution in [0.1, 0.15) is 16.8 Å². The number of carbonyl (C=O) groups is 1. The number of amides is 1. The fourth-order valence-corrected chi connectivity index (χ4v) is 2.90. The lowest BCUT2D eigenvalue weighted by Gasteiger charge is -2.23. The molecule has 3 rings (SSSR count). The van der Waals surface area contributed by atoms with Crippen LogP contribution in [0.25, 0.3) is 0 Å². The van der Waals surface area contributed by atoms with Gasteiger partial charge in [0.1, 0.15) is 5.82 Å². The molecule has 2 aromatic rings. The molecule has 0 saturated carbocycles. The van der Waals surface area contributed by atoms with Crippen LogP contribution < -0.4 is 10.2 Å². The van der Waals surface area contributed by atoms with Crippen molar-refractivity contribution in [2.75, 3.05) is 23.3 Å². The quantitative estimate of drug-likeness (QED) is 0.843. The Morgan fingerprint density at radius 2 is 2.00 bits per heavy atom. The number of halogens is 2. The number of nitrogens with one attached hydrogen (secondary N) is 1. The normalized spacial score (nSPS) is 14.1. The van der Waals surface area contributed by atoms with E-state index in [1.165, 1.54) is 6.07 Å². The van der Waals surface area contributed by atoms with Crippen molar-refractivity contribution in [1.82, 2.24) is 0 Å². The van der Waals surface area contributed by atoms with E-state index in [1.54, 1.807) is 17.0 Å². The molecule has 0 aromatic heterocycles. The minimum Gasteiger partial charge on any atom is -0.383 e. The molecule has 0 bridgehead atoms. The third kappa shape index (κ3) is 2.65. The zero-order chi connectivity index (χ0) is 14.8. The van der Waals surface area contributed by atoms with E-state index in [4.69, 9.17) is 0 Å². The second-order valence-electron chi connectivity index (χ2n) is 4.86. The van der Waals surface area contributed by atoms with Gasteiger partial charge in [0, 0.05) is 13.1 Å². The maximum Gasteiger partial charge on any atom is 0.259 e. The van der Waals surface area contributed by atoms with E-state index in [2.05, 4.69) is 21.2 Å². The van der Waals surface area contributed by atoms with Gasteiger partial charge in [0.05, 0.1) is 21.4 Å². The first kappa shape index (κ1) is 14.1. The Bertz CT molecular complexity index is 690. The molecule has 0 saturated heterocycles. The van der Waals surface area contributed by atoms with E-state index < -0.39 is 5.82 Å². The lowest BCUT2D eigenvalue weighted by atomic mass is 10.1. The summed E-state index contributed by atoms with van der Waals surface area (Å²) in [7, 11) is 0. The maximum atomic E-state index is 13.7. The first-order valence-electron chi connectivity index (χ1n) is 6.77. The number of hydrogen-bond donors (Lipinski definition) is 1. The smallest absolute Gasteiger partial charge is 0.259 e. The van der Waals surface area contributed by atoms with Crippen molar-refractivity contribution < 1.29 is 9.18 Å². The number of fused-ring (bicyclic) bond motifs is 1. The summed E-state index contributed by atoms with van der Waals surface area (Å²) in [6.45, 7) is 1.41. The molecule has 2 aromatic carbocycles. The van der Waals surface area contributed by atoms with Gasteiger partial charge >= 0.3 is 0 Å². The van der Waals surface area contributed by atoms with Gasteiger partial charge in [-0.25, -0.2) is 4.39 Å². The summed E-state index contributed by atoms with van der Waals surface area (Å²) >= 11 is 3.17. The molecule has 0 fully saturated rings. The van der Waals surface area contributed by atoms with Crippen molar-refractivity contribution in [2.45, 2.75) is 6.42 Å². The van der Waals surface area contributed by atoms with Gasteiger partial charge in [-0.05, 0) is 46.6 Å². The topological polar surface area (TPSA) is 32.3 Å². The highest BCUT2D eigenvalue weighted by Gasteiger charge is 2.24. The fraction of sp³-hybridized carbons (Fsp3) is 0.188. The molecule has 0 unspecified atom stereocenters. The van der Waals surface area contributed by atoms with Crippen LogP contribution >= 0.6 is 15.9 Å². The Hall–Kier alpha value is -1.88. The summed E-state index contributed by atoms with van der Waals surface area (Å²) < 4.78 is 13.9. The van der Waals surface area contributed by atoms with Gasteiger partial charge in [0.25, 0.3) is 5.91 Å². The van der Waals surface area contributed by atoms with Crippen molar-refractivity contribution in [3.05, 3.63) is 58.3 Å². The van der Waals surface area contributed by atoms with Crippen LogP contribution in [-0.4, -0.2) is 19.0 Å². The Kier molecular flexibility index (Phi) is 3.92. The molecule has 5 heteroatoms. The Morgan fingerprint density at radius 1 is 1.19 bits per heavy atom. The molecule has 1 aliphatic rings. The lowest BCUT2D eigenvalue weighted by Crippen LogP contribution is -2.31. The highest BCUT2D eigenvalue weighted by atomic mass is 79.9. The number of para-hydroxylation sites is 2. The van der Waals surface area contributed by atoms with Crippen molar-refractivity contribution in [2.24, 2.45) is 0 Å². The summed E-state index contributed by atoms with van der Waals surface area (Å²) in [4.78, 5) is 14.5. The average Bonchev–Trinajstić information content (AvgIpc) is 2.72. The van der Waals surface area contributed by atoms with E-state index >= 15 is 0 Å². The zero-order valence-corrected chi connectivity index (χ0v) is 12.9. The van der Waals surface area contributed by atoms with Crippen LogP contribution in [0.4, 0.5) is 15.8 Å². The van der Waals surface area contributed by atoms with Gasteiger partial charge in [0.2, 0.25) is 0 Å². The second kappa shape index (κ2) is 5.85. The Labute approximate surface area is 130 Å². The molecule has 0 spiro atoms. The number of anilines is 2. The second-order valence-corrected chi connectivity index (χ2v) is 5.65. The van der Waals surface area contributed by atoms with Crippen molar-refractivity contribution >= 4 is 33.2 Å². The highest BCUT2D eigenvalue weighted by Crippen LogP contribution is 2.31. The number of nitrogens with zero attached hydrogens (tertiary/aromatic N) is 1. The summed E-state index contributed by atoms with van der Waals surface area (Å²) in [6, 6.07) is 12.2. The van der Waals surface area contributed by atoms with Crippen LogP contribution in [-0.2, 0) is 0 Å². The summed E-state index contributed by atoms with van der Waals surface area (Å²) in [5, 5.41) is 3.31. The number of benzene rings is 2. The Balaban J connectivity index is 2.03. The first-order chi connectivity index (χ1) is 10.2. The van der Waals surface area contributed by atoms with Gasteiger partial charge in [-0.2, -0.15) is 0 Å². The molecule has 21 heavy (non-hydrogen) atoms. The third-order valence-electron chi connectivity index (χ3n) is 3.50. The maximum absolute atomic E-state index is 13.7. The van der Waals surface area contributed by atoms with Gasteiger partial charge in [-0.15, -0.1) is 0 Å². The standard InChI is InChI=1S/C16H14BrFN2O/c17-15-11(5-3-6-12(15)18)16(21)20-10-4-9-19-13-7-1-2-8-14(13)20/h1-3,5-8,19H,4,9-10H2. The lowest BCUT2D eigenvalue weighted by molar-refractivity contribution is 0.0986. The molecule has 3 nitrogen and oxygen atoms in total. The molecule has 0 aliphatic carbocycles. The van der Waals surface area contributed by atoms with Gasteiger partial charge in [0.15, 0.2) is 0 Å². The number of rotatable bonds is 1. The summed E-state index contributed by atoms with van der Waals surface area (Å²) in [6.07, 6.45) is 0.841. The van der Waals surface area contributed by atoms with Crippen molar-refractivity contribution in [3.63, 3.8) is 0 Å². The molecule has 1 heterocycles.